The van der Waals surface area contributed by atoms with Crippen LogP contribution < -0.4 is 10.5 Å². The summed E-state index contributed by atoms with van der Waals surface area (Å²) < 4.78 is 7.18. The first-order valence-corrected chi connectivity index (χ1v) is 7.23. The van der Waals surface area contributed by atoms with Crippen molar-refractivity contribution < 1.29 is 14.6 Å². The minimum absolute atomic E-state index is 0.239. The molecule has 116 valence electrons. The van der Waals surface area contributed by atoms with Gasteiger partial charge in [-0.2, -0.15) is 5.10 Å². The minimum atomic E-state index is -1.08. The molecule has 2 aromatic rings. The number of halogens is 2. The number of nitrogen functional groups attached to an aromatic ring is 1. The quantitative estimate of drug-likeness (QED) is 0.767. The Hall–Kier alpha value is -2.06. The number of carbonyl (C=O) groups is 1. The molecule has 0 bridgehead atoms. The summed E-state index contributed by atoms with van der Waals surface area (Å²) in [5, 5.41) is 13.3. The number of anilines is 1. The summed E-state index contributed by atoms with van der Waals surface area (Å²) >= 11 is 9.28. The molecule has 1 aromatic heterocycles. The van der Waals surface area contributed by atoms with Gasteiger partial charge in [-0.25, -0.2) is 14.5 Å². The van der Waals surface area contributed by atoms with Crippen molar-refractivity contribution in [3.05, 3.63) is 39.1 Å². The zero-order valence-electron chi connectivity index (χ0n) is 11.5. The average Bonchev–Trinajstić information content (AvgIpc) is 2.73. The fourth-order valence-corrected chi connectivity index (χ4v) is 2.63. The SMILES string of the molecule is Cc1cn(N=Cc2cc(Cl)cc(Br)c2OCC(=O)O)c(N)n1. The highest BCUT2D eigenvalue weighted by atomic mass is 79.9. The van der Waals surface area contributed by atoms with E-state index in [1.807, 2.05) is 0 Å². The first-order valence-electron chi connectivity index (χ1n) is 6.06. The fraction of sp³-hybridized carbons (Fsp3) is 0.154. The van der Waals surface area contributed by atoms with Crippen LogP contribution in [0.25, 0.3) is 0 Å². The van der Waals surface area contributed by atoms with Crippen LogP contribution in [0, 0.1) is 6.92 Å². The lowest BCUT2D eigenvalue weighted by Crippen LogP contribution is -2.11. The Labute approximate surface area is 139 Å². The Balaban J connectivity index is 2.36. The van der Waals surface area contributed by atoms with Gasteiger partial charge >= 0.3 is 5.97 Å². The van der Waals surface area contributed by atoms with E-state index in [9.17, 15) is 4.79 Å². The Morgan fingerprint density at radius 3 is 2.95 bits per heavy atom. The van der Waals surface area contributed by atoms with Crippen molar-refractivity contribution in [2.24, 2.45) is 5.10 Å². The van der Waals surface area contributed by atoms with Crippen LogP contribution in [0.5, 0.6) is 5.75 Å². The number of nitrogens with two attached hydrogens (primary N) is 1. The van der Waals surface area contributed by atoms with Gasteiger partial charge < -0.3 is 15.6 Å². The minimum Gasteiger partial charge on any atom is -0.480 e. The van der Waals surface area contributed by atoms with Crippen molar-refractivity contribution >= 4 is 45.7 Å². The van der Waals surface area contributed by atoms with Crippen LogP contribution in [0.4, 0.5) is 5.95 Å². The number of carboxylic acid groups (broad SMARTS) is 1. The van der Waals surface area contributed by atoms with Crippen molar-refractivity contribution in [1.29, 1.82) is 0 Å². The lowest BCUT2D eigenvalue weighted by molar-refractivity contribution is -0.139. The number of ether oxygens (including phenoxy) is 1. The van der Waals surface area contributed by atoms with Crippen LogP contribution >= 0.6 is 27.5 Å². The van der Waals surface area contributed by atoms with Crippen LogP contribution in [0.2, 0.25) is 5.02 Å². The lowest BCUT2D eigenvalue weighted by Gasteiger charge is -2.10. The first kappa shape index (κ1) is 16.3. The van der Waals surface area contributed by atoms with Gasteiger partial charge in [0.1, 0.15) is 5.75 Å². The van der Waals surface area contributed by atoms with Gasteiger partial charge in [0.05, 0.1) is 22.6 Å². The first-order chi connectivity index (χ1) is 10.4. The van der Waals surface area contributed by atoms with Crippen LogP contribution in [-0.4, -0.2) is 33.6 Å². The summed E-state index contributed by atoms with van der Waals surface area (Å²) in [6.07, 6.45) is 3.12. The van der Waals surface area contributed by atoms with Crippen molar-refractivity contribution in [2.45, 2.75) is 6.92 Å². The summed E-state index contributed by atoms with van der Waals surface area (Å²) in [4.78, 5) is 14.7. The number of aliphatic carboxylic acids is 1. The van der Waals surface area contributed by atoms with E-state index in [4.69, 9.17) is 27.2 Å². The van der Waals surface area contributed by atoms with Crippen LogP contribution in [0.1, 0.15) is 11.3 Å². The highest BCUT2D eigenvalue weighted by Gasteiger charge is 2.11. The smallest absolute Gasteiger partial charge is 0.341 e. The van der Waals surface area contributed by atoms with Gasteiger partial charge in [0.2, 0.25) is 5.95 Å². The number of rotatable bonds is 5. The number of hydrogen-bond acceptors (Lipinski definition) is 5. The van der Waals surface area contributed by atoms with Crippen LogP contribution in [0.15, 0.2) is 27.9 Å². The molecule has 0 fully saturated rings. The summed E-state index contributed by atoms with van der Waals surface area (Å²) in [5.74, 6) is -0.520. The average molecular weight is 388 g/mol. The van der Waals surface area contributed by atoms with E-state index in [0.29, 0.717) is 20.8 Å². The zero-order valence-corrected chi connectivity index (χ0v) is 13.8. The molecule has 0 saturated carbocycles. The summed E-state index contributed by atoms with van der Waals surface area (Å²) in [7, 11) is 0. The van der Waals surface area contributed by atoms with Gasteiger partial charge in [0.15, 0.2) is 6.61 Å². The second-order valence-electron chi connectivity index (χ2n) is 4.32. The van der Waals surface area contributed by atoms with Crippen molar-refractivity contribution in [2.75, 3.05) is 12.3 Å². The number of aryl methyl sites for hydroxylation is 1. The molecule has 2 rings (SSSR count). The summed E-state index contributed by atoms with van der Waals surface area (Å²) in [6.45, 7) is 1.31. The van der Waals surface area contributed by atoms with Gasteiger partial charge in [-0.15, -0.1) is 0 Å². The zero-order chi connectivity index (χ0) is 16.3. The van der Waals surface area contributed by atoms with Gasteiger partial charge in [-0.1, -0.05) is 11.6 Å². The van der Waals surface area contributed by atoms with E-state index in [-0.39, 0.29) is 5.95 Å². The van der Waals surface area contributed by atoms with Gasteiger partial charge in [-0.3, -0.25) is 0 Å². The molecule has 1 aromatic carbocycles. The molecule has 0 radical (unpaired) electrons. The Morgan fingerprint density at radius 1 is 1.64 bits per heavy atom. The number of nitrogens with zero attached hydrogens (tertiary/aromatic N) is 3. The van der Waals surface area contributed by atoms with Crippen molar-refractivity contribution in [3.63, 3.8) is 0 Å². The summed E-state index contributed by atoms with van der Waals surface area (Å²) in [5.41, 5.74) is 6.93. The van der Waals surface area contributed by atoms with E-state index >= 15 is 0 Å². The number of imidazole rings is 1. The van der Waals surface area contributed by atoms with Crippen LogP contribution in [0.3, 0.4) is 0 Å². The Morgan fingerprint density at radius 2 is 2.36 bits per heavy atom. The highest BCUT2D eigenvalue weighted by molar-refractivity contribution is 9.10. The third-order valence-corrected chi connectivity index (χ3v) is 3.34. The molecule has 0 amide bonds. The van der Waals surface area contributed by atoms with Gasteiger partial charge in [-0.05, 0) is 35.0 Å². The van der Waals surface area contributed by atoms with E-state index < -0.39 is 12.6 Å². The highest BCUT2D eigenvalue weighted by Crippen LogP contribution is 2.32. The molecule has 0 unspecified atom stereocenters. The number of aromatic nitrogens is 2. The normalized spacial score (nSPS) is 11.0. The van der Waals surface area contributed by atoms with E-state index in [1.165, 1.54) is 10.9 Å². The molecule has 0 aliphatic carbocycles. The molecular formula is C13H12BrClN4O3. The second kappa shape index (κ2) is 6.80. The van der Waals surface area contributed by atoms with E-state index in [0.717, 1.165) is 5.69 Å². The van der Waals surface area contributed by atoms with E-state index in [1.54, 1.807) is 25.3 Å². The molecule has 0 atom stereocenters. The Bertz CT molecular complexity index is 745. The number of benzene rings is 1. The topological polar surface area (TPSA) is 103 Å². The molecule has 3 N–H and O–H groups in total. The van der Waals surface area contributed by atoms with E-state index in [2.05, 4.69) is 26.0 Å². The maximum atomic E-state index is 10.7. The van der Waals surface area contributed by atoms with Crippen molar-refractivity contribution in [1.82, 2.24) is 9.66 Å². The summed E-state index contributed by atoms with van der Waals surface area (Å²) in [6, 6.07) is 3.21. The maximum absolute atomic E-state index is 10.7. The molecule has 1 heterocycles. The number of hydrogen-bond donors (Lipinski definition) is 2. The molecule has 9 heteroatoms. The molecule has 22 heavy (non-hydrogen) atoms. The molecular weight excluding hydrogens is 376 g/mol. The van der Waals surface area contributed by atoms with Gasteiger partial charge in [0, 0.05) is 10.6 Å². The maximum Gasteiger partial charge on any atom is 0.341 e. The van der Waals surface area contributed by atoms with Crippen molar-refractivity contribution in [3.8, 4) is 5.75 Å². The van der Waals surface area contributed by atoms with Gasteiger partial charge in [0.25, 0.3) is 0 Å². The molecule has 0 aliphatic rings. The third-order valence-electron chi connectivity index (χ3n) is 2.53. The fourth-order valence-electron chi connectivity index (χ4n) is 1.68. The monoisotopic (exact) mass is 386 g/mol. The predicted octanol–water partition coefficient (Wildman–Crippen LogP) is 2.54. The molecule has 0 saturated heterocycles. The predicted molar refractivity (Wildman–Crippen MR) is 86.7 cm³/mol. The molecule has 7 nitrogen and oxygen atoms in total. The second-order valence-corrected chi connectivity index (χ2v) is 5.61. The molecule has 0 aliphatic heterocycles. The standard InChI is InChI=1S/C13H12BrClN4O3/c1-7-5-19(13(16)18-7)17-4-8-2-9(15)3-10(14)12(8)22-6-11(20)21/h2-5H,6H2,1H3,(H2,16,18)(H,20,21). The number of carboxylic acids is 1. The Kier molecular flexibility index (Phi) is 5.04. The lowest BCUT2D eigenvalue weighted by atomic mass is 10.2. The third kappa shape index (κ3) is 3.99. The van der Waals surface area contributed by atoms with Crippen LogP contribution in [-0.2, 0) is 4.79 Å². The largest absolute Gasteiger partial charge is 0.480 e. The molecule has 0 spiro atoms.